The van der Waals surface area contributed by atoms with Gasteiger partial charge in [0, 0.05) is 18.3 Å². The first-order valence-corrected chi connectivity index (χ1v) is 9.15. The van der Waals surface area contributed by atoms with Crippen LogP contribution in [0.2, 0.25) is 0 Å². The Morgan fingerprint density at radius 1 is 1.13 bits per heavy atom. The zero-order chi connectivity index (χ0) is 15.6. The Balaban J connectivity index is 1.30. The van der Waals surface area contributed by atoms with E-state index < -0.39 is 0 Å². The molecule has 3 heterocycles. The molecule has 0 radical (unpaired) electrons. The molecule has 23 heavy (non-hydrogen) atoms. The minimum absolute atomic E-state index is 0.271. The van der Waals surface area contributed by atoms with E-state index in [-0.39, 0.29) is 5.91 Å². The van der Waals surface area contributed by atoms with Crippen LogP contribution in [-0.4, -0.2) is 49.6 Å². The summed E-state index contributed by atoms with van der Waals surface area (Å²) in [6, 6.07) is 9.05. The lowest BCUT2D eigenvalue weighted by Crippen LogP contribution is -2.45. The van der Waals surface area contributed by atoms with Crippen molar-refractivity contribution in [1.82, 2.24) is 10.2 Å². The summed E-state index contributed by atoms with van der Waals surface area (Å²) >= 11 is 0. The number of amides is 1. The quantitative estimate of drug-likeness (QED) is 0.927. The number of benzene rings is 1. The lowest BCUT2D eigenvalue weighted by Gasteiger charge is -2.35. The summed E-state index contributed by atoms with van der Waals surface area (Å²) in [4.78, 5) is 17.0. The Labute approximate surface area is 138 Å². The van der Waals surface area contributed by atoms with Crippen molar-refractivity contribution in [2.24, 2.45) is 5.92 Å². The number of carbonyl (C=O) groups is 1. The molecule has 1 unspecified atom stereocenters. The van der Waals surface area contributed by atoms with Gasteiger partial charge in [0.15, 0.2) is 0 Å². The smallest absolute Gasteiger partial charge is 0.241 e. The van der Waals surface area contributed by atoms with Crippen molar-refractivity contribution in [1.29, 1.82) is 0 Å². The Bertz CT molecular complexity index is 559. The second-order valence-corrected chi connectivity index (χ2v) is 7.24. The van der Waals surface area contributed by atoms with E-state index in [1.54, 1.807) is 0 Å². The molecule has 2 fully saturated rings. The highest BCUT2D eigenvalue weighted by molar-refractivity contribution is 5.96. The SMILES string of the molecule is O=C(CN1CCC(C2CCCN2)CC1)N1CCc2ccccc21. The second-order valence-electron chi connectivity index (χ2n) is 7.24. The van der Waals surface area contributed by atoms with Crippen LogP contribution in [0.1, 0.15) is 31.2 Å². The molecule has 1 aromatic rings. The summed E-state index contributed by atoms with van der Waals surface area (Å²) in [5.41, 5.74) is 2.44. The molecule has 0 bridgehead atoms. The number of para-hydroxylation sites is 1. The zero-order valence-corrected chi connectivity index (χ0v) is 13.8. The first kappa shape index (κ1) is 15.2. The Morgan fingerprint density at radius 2 is 1.96 bits per heavy atom. The Kier molecular flexibility index (Phi) is 4.36. The van der Waals surface area contributed by atoms with Crippen LogP contribution in [0.3, 0.4) is 0 Å². The van der Waals surface area contributed by atoms with Gasteiger partial charge in [0.2, 0.25) is 5.91 Å². The summed E-state index contributed by atoms with van der Waals surface area (Å²) in [6.45, 7) is 4.77. The third-order valence-corrected chi connectivity index (χ3v) is 5.85. The molecule has 0 aromatic heterocycles. The number of rotatable bonds is 3. The molecule has 1 aromatic carbocycles. The van der Waals surface area contributed by atoms with Crippen molar-refractivity contribution in [3.05, 3.63) is 29.8 Å². The van der Waals surface area contributed by atoms with E-state index in [0.717, 1.165) is 43.7 Å². The average molecular weight is 313 g/mol. The van der Waals surface area contributed by atoms with Gasteiger partial charge < -0.3 is 10.2 Å². The van der Waals surface area contributed by atoms with Crippen molar-refractivity contribution < 1.29 is 4.79 Å². The average Bonchev–Trinajstić information content (AvgIpc) is 3.25. The van der Waals surface area contributed by atoms with E-state index in [1.807, 2.05) is 11.0 Å². The van der Waals surface area contributed by atoms with E-state index in [9.17, 15) is 4.79 Å². The van der Waals surface area contributed by atoms with Gasteiger partial charge in [-0.3, -0.25) is 9.69 Å². The number of anilines is 1. The number of nitrogens with zero attached hydrogens (tertiary/aromatic N) is 2. The van der Waals surface area contributed by atoms with Crippen LogP contribution < -0.4 is 10.2 Å². The Hall–Kier alpha value is -1.39. The van der Waals surface area contributed by atoms with Crippen molar-refractivity contribution in [3.63, 3.8) is 0 Å². The normalized spacial score (nSPS) is 25.7. The third kappa shape index (κ3) is 3.15. The van der Waals surface area contributed by atoms with Crippen molar-refractivity contribution in [3.8, 4) is 0 Å². The van der Waals surface area contributed by atoms with Crippen LogP contribution in [-0.2, 0) is 11.2 Å². The molecule has 1 atom stereocenters. The fraction of sp³-hybridized carbons (Fsp3) is 0.632. The van der Waals surface area contributed by atoms with Gasteiger partial charge in [-0.1, -0.05) is 18.2 Å². The lowest BCUT2D eigenvalue weighted by atomic mass is 9.88. The van der Waals surface area contributed by atoms with Gasteiger partial charge in [0.25, 0.3) is 0 Å². The topological polar surface area (TPSA) is 35.6 Å². The first-order valence-electron chi connectivity index (χ1n) is 9.15. The highest BCUT2D eigenvalue weighted by Crippen LogP contribution is 2.29. The molecule has 4 nitrogen and oxygen atoms in total. The molecule has 3 aliphatic heterocycles. The molecule has 0 aliphatic carbocycles. The minimum atomic E-state index is 0.271. The fourth-order valence-electron chi connectivity index (χ4n) is 4.50. The molecule has 3 aliphatic rings. The van der Waals surface area contributed by atoms with Crippen LogP contribution in [0.5, 0.6) is 0 Å². The highest BCUT2D eigenvalue weighted by Gasteiger charge is 2.30. The van der Waals surface area contributed by atoms with Crippen molar-refractivity contribution in [2.45, 2.75) is 38.1 Å². The highest BCUT2D eigenvalue weighted by atomic mass is 16.2. The van der Waals surface area contributed by atoms with Crippen LogP contribution in [0.4, 0.5) is 5.69 Å². The molecule has 2 saturated heterocycles. The van der Waals surface area contributed by atoms with Gasteiger partial charge in [0.1, 0.15) is 0 Å². The van der Waals surface area contributed by atoms with Gasteiger partial charge >= 0.3 is 0 Å². The van der Waals surface area contributed by atoms with E-state index in [1.165, 1.54) is 37.8 Å². The number of piperidine rings is 1. The Morgan fingerprint density at radius 3 is 2.74 bits per heavy atom. The number of fused-ring (bicyclic) bond motifs is 1. The van der Waals surface area contributed by atoms with Crippen LogP contribution in [0.15, 0.2) is 24.3 Å². The predicted molar refractivity (Wildman–Crippen MR) is 92.7 cm³/mol. The lowest BCUT2D eigenvalue weighted by molar-refractivity contribution is -0.120. The molecule has 4 heteroatoms. The van der Waals surface area contributed by atoms with Gasteiger partial charge in [-0.15, -0.1) is 0 Å². The number of hydrogen-bond acceptors (Lipinski definition) is 3. The number of carbonyl (C=O) groups excluding carboxylic acids is 1. The predicted octanol–water partition coefficient (Wildman–Crippen LogP) is 2.04. The largest absolute Gasteiger partial charge is 0.314 e. The third-order valence-electron chi connectivity index (χ3n) is 5.85. The summed E-state index contributed by atoms with van der Waals surface area (Å²) in [7, 11) is 0. The molecule has 0 saturated carbocycles. The number of nitrogens with one attached hydrogen (secondary N) is 1. The summed E-state index contributed by atoms with van der Waals surface area (Å²) in [6.07, 6.45) is 6.15. The van der Waals surface area contributed by atoms with Crippen LogP contribution in [0.25, 0.3) is 0 Å². The van der Waals surface area contributed by atoms with Crippen LogP contribution >= 0.6 is 0 Å². The monoisotopic (exact) mass is 313 g/mol. The number of hydrogen-bond donors (Lipinski definition) is 1. The first-order chi connectivity index (χ1) is 11.3. The van der Waals surface area contributed by atoms with Gasteiger partial charge in [-0.2, -0.15) is 0 Å². The molecule has 4 rings (SSSR count). The molecular weight excluding hydrogens is 286 g/mol. The summed E-state index contributed by atoms with van der Waals surface area (Å²) in [5, 5.41) is 3.64. The maximum Gasteiger partial charge on any atom is 0.241 e. The van der Waals surface area contributed by atoms with Gasteiger partial charge in [-0.05, 0) is 69.3 Å². The van der Waals surface area contributed by atoms with Crippen molar-refractivity contribution in [2.75, 3.05) is 37.6 Å². The molecular formula is C19H27N3O. The summed E-state index contributed by atoms with van der Waals surface area (Å²) < 4.78 is 0. The maximum absolute atomic E-state index is 12.7. The van der Waals surface area contributed by atoms with E-state index >= 15 is 0 Å². The van der Waals surface area contributed by atoms with E-state index in [2.05, 4.69) is 28.4 Å². The fourth-order valence-corrected chi connectivity index (χ4v) is 4.50. The molecule has 1 N–H and O–H groups in total. The molecule has 0 spiro atoms. The van der Waals surface area contributed by atoms with Crippen LogP contribution in [0, 0.1) is 5.92 Å². The summed E-state index contributed by atoms with van der Waals surface area (Å²) in [5.74, 6) is 1.09. The molecule has 124 valence electrons. The minimum Gasteiger partial charge on any atom is -0.314 e. The second kappa shape index (κ2) is 6.62. The van der Waals surface area contributed by atoms with Gasteiger partial charge in [0.05, 0.1) is 6.54 Å². The number of likely N-dealkylation sites (tertiary alicyclic amines) is 1. The zero-order valence-electron chi connectivity index (χ0n) is 13.8. The standard InChI is InChI=1S/C19H27N3O/c23-19(22-13-9-16-4-1-2-6-18(16)22)14-21-11-7-15(8-12-21)17-5-3-10-20-17/h1-2,4,6,15,17,20H,3,5,7-14H2. The van der Waals surface area contributed by atoms with Crippen molar-refractivity contribution >= 4 is 11.6 Å². The van der Waals surface area contributed by atoms with E-state index in [4.69, 9.17) is 0 Å². The van der Waals surface area contributed by atoms with Gasteiger partial charge in [-0.25, -0.2) is 0 Å². The maximum atomic E-state index is 12.7. The molecule has 1 amide bonds. The van der Waals surface area contributed by atoms with E-state index in [0.29, 0.717) is 6.54 Å².